The molecule has 8 aromatic rings. The maximum Gasteiger partial charge on any atom is 0.331 e. The number of methoxy groups -OCH3 is 1. The number of carbonyl (C=O) groups excluding carboxylic acids is 16. The minimum atomic E-state index is -1.39. The molecule has 133 heavy (non-hydrogen) atoms. The number of Topliss-reactive ketones (excluding diaryl/α,β-unsaturated/α-hetero) is 4. The number of aliphatic hydroxyl groups excluding tert-OH is 2. The zero-order valence-corrected chi connectivity index (χ0v) is 79.9. The Labute approximate surface area is 767 Å². The van der Waals surface area contributed by atoms with E-state index in [0.717, 1.165) is 0 Å². The molecule has 0 saturated carbocycles. The largest absolute Gasteiger partial charge is 0.467 e. The Morgan fingerprint density at radius 2 is 0.564 bits per heavy atom. The zero-order chi connectivity index (χ0) is 101. The lowest BCUT2D eigenvalue weighted by atomic mass is 9.86. The maximum absolute atomic E-state index is 13.6. The molecular formula is C95H118F4N12O22. The topological polar surface area (TPSA) is 466 Å². The zero-order valence-electron chi connectivity index (χ0n) is 79.9. The number of aliphatic hydroxyl groups is 2. The summed E-state index contributed by atoms with van der Waals surface area (Å²) in [6.07, 6.45) is 0. The molecule has 0 saturated heterocycles. The number of ketones is 4. The van der Waals surface area contributed by atoms with Crippen LogP contribution in [0.25, 0.3) is 0 Å². The monoisotopic (exact) mass is 1850 g/mol. The standard InChI is InChI=1S/C27H36FN3O5.C24H30FN3O5.2C22H26FN3O6/c1-14-13-17(11-12-18(14)28)29-23(33)19-15(2)20(31(10)16(19)3)21(32)24(34)30-22(26(4,5)6)25(35)36-27(7,8)9;1-12-11-15(9-10-16(12)25)26-21(30)17-13(2)18(28(7)14(17)3)19(29)22(31)27-20(23(32)33-8)24(4,5)6;2*1-6-32-22(31)16(10-27)25-21(30)19(28)18-12(3)17(13(4)26(18)5)20(29)24-14-7-8-15(23)11(2)9-14/h11-13,22H,1-10H3,(H,29,33)(H,30,34);9-11,20H,1-8H3,(H,26,30)(H,27,31);2*7-9,16,27H,6,10H2,1-5H3,(H,24,29)(H,25,30)/t22-;20-;2*16-/m1010/s1. The number of ether oxygens (including phenoxy) is 4. The Kier molecular flexibility index (Phi) is 37.6. The molecule has 0 aliphatic heterocycles. The Morgan fingerprint density at radius 1 is 0.346 bits per heavy atom. The second-order valence-corrected chi connectivity index (χ2v) is 34.5. The number of carbonyl (C=O) groups is 16. The number of nitrogens with zero attached hydrogens (tertiary/aromatic N) is 4. The van der Waals surface area contributed by atoms with Gasteiger partial charge in [-0.05, 0) is 246 Å². The highest BCUT2D eigenvalue weighted by Crippen LogP contribution is 2.32. The van der Waals surface area contributed by atoms with Gasteiger partial charge in [0.25, 0.3) is 70.4 Å². The number of hydrogen-bond acceptors (Lipinski definition) is 22. The van der Waals surface area contributed by atoms with Crippen molar-refractivity contribution in [2.45, 2.75) is 189 Å². The molecule has 8 rings (SSSR count). The number of halogens is 4. The first-order valence-electron chi connectivity index (χ1n) is 41.8. The molecule has 718 valence electrons. The lowest BCUT2D eigenvalue weighted by molar-refractivity contribution is -0.161. The SMILES string of the molecule is CCOC(=O)[C@@H](CO)NC(=O)C(=O)c1c(C)c(C(=O)Nc2ccc(F)c(C)c2)c(C)n1C.CCOC(=O)[C@H](CO)NC(=O)C(=O)c1c(C)c(C(=O)Nc2ccc(F)c(C)c2)c(C)n1C.COC(=O)[C@H](NC(=O)C(=O)c1c(C)c(C(=O)Nc2ccc(F)c(C)c2)c(C)n1C)C(C)(C)C.Cc1cc(NC(=O)c2c(C)c(C(=O)C(=O)N[C@H](C(=O)OC(C)(C)C)C(C)(C)C)n(C)c2C)ccc1F. The molecule has 0 spiro atoms. The van der Waals surface area contributed by atoms with Gasteiger partial charge in [0.15, 0.2) is 12.1 Å². The number of amides is 8. The van der Waals surface area contributed by atoms with Gasteiger partial charge in [-0.15, -0.1) is 0 Å². The Bertz CT molecular complexity index is 5740. The van der Waals surface area contributed by atoms with Gasteiger partial charge in [-0.1, -0.05) is 41.5 Å². The molecule has 4 aromatic carbocycles. The molecule has 0 bridgehead atoms. The quantitative estimate of drug-likeness (QED) is 0.00716. The lowest BCUT2D eigenvalue weighted by Crippen LogP contribution is -2.53. The summed E-state index contributed by atoms with van der Waals surface area (Å²) in [5, 5.41) is 38.7. The predicted octanol–water partition coefficient (Wildman–Crippen LogP) is 10.8. The average Bonchev–Trinajstić information content (AvgIpc) is 1.64. The molecule has 0 radical (unpaired) electrons. The molecule has 4 heterocycles. The van der Waals surface area contributed by atoms with E-state index in [1.54, 1.807) is 159 Å². The fraction of sp³-hybridized carbons (Fsp3) is 0.411. The molecule has 4 aromatic heterocycles. The molecular weight excluding hydrogens is 1740 g/mol. The van der Waals surface area contributed by atoms with Crippen LogP contribution in [0.3, 0.4) is 0 Å². The van der Waals surface area contributed by atoms with E-state index < -0.39 is 160 Å². The summed E-state index contributed by atoms with van der Waals surface area (Å²) in [6, 6.07) is 11.7. The van der Waals surface area contributed by atoms with Crippen molar-refractivity contribution in [3.63, 3.8) is 0 Å². The van der Waals surface area contributed by atoms with E-state index in [-0.39, 0.29) is 81.0 Å². The third-order valence-electron chi connectivity index (χ3n) is 21.5. The van der Waals surface area contributed by atoms with Crippen LogP contribution < -0.4 is 42.5 Å². The molecule has 4 atom stereocenters. The number of benzene rings is 4. The second-order valence-electron chi connectivity index (χ2n) is 34.5. The summed E-state index contributed by atoms with van der Waals surface area (Å²) in [4.78, 5) is 203. The van der Waals surface area contributed by atoms with Gasteiger partial charge in [-0.25, -0.2) is 36.7 Å². The van der Waals surface area contributed by atoms with Gasteiger partial charge in [0.05, 0.1) is 78.6 Å². The van der Waals surface area contributed by atoms with Crippen LogP contribution in [0.4, 0.5) is 40.3 Å². The predicted molar refractivity (Wildman–Crippen MR) is 485 cm³/mol. The van der Waals surface area contributed by atoms with Gasteiger partial charge < -0.3 is 90.0 Å². The van der Waals surface area contributed by atoms with Crippen LogP contribution in [0.5, 0.6) is 0 Å². The highest BCUT2D eigenvalue weighted by molar-refractivity contribution is 6.45. The van der Waals surface area contributed by atoms with Gasteiger partial charge in [0, 0.05) is 73.7 Å². The van der Waals surface area contributed by atoms with Gasteiger partial charge in [0.1, 0.15) is 41.0 Å². The van der Waals surface area contributed by atoms with E-state index in [4.69, 9.17) is 18.9 Å². The van der Waals surface area contributed by atoms with Gasteiger partial charge in [0.2, 0.25) is 0 Å². The fourth-order valence-electron chi connectivity index (χ4n) is 14.1. The smallest absolute Gasteiger partial charge is 0.331 e. The number of rotatable bonds is 28. The fourth-order valence-corrected chi connectivity index (χ4v) is 14.1. The van der Waals surface area contributed by atoms with E-state index in [2.05, 4.69) is 42.5 Å². The van der Waals surface area contributed by atoms with Crippen molar-refractivity contribution < 1.29 is 123 Å². The summed E-state index contributed by atoms with van der Waals surface area (Å²) in [6.45, 7) is 36.4. The first-order valence-corrected chi connectivity index (χ1v) is 41.8. The van der Waals surface area contributed by atoms with E-state index in [1.807, 2.05) is 0 Å². The maximum atomic E-state index is 13.6. The second kappa shape index (κ2) is 45.7. The van der Waals surface area contributed by atoms with Crippen molar-refractivity contribution in [2.75, 3.05) is 54.8 Å². The number of esters is 4. The van der Waals surface area contributed by atoms with Gasteiger partial charge >= 0.3 is 23.9 Å². The normalized spacial score (nSPS) is 12.0. The molecule has 0 aliphatic rings. The van der Waals surface area contributed by atoms with Crippen molar-refractivity contribution in [1.29, 1.82) is 0 Å². The molecule has 10 N–H and O–H groups in total. The van der Waals surface area contributed by atoms with Crippen molar-refractivity contribution in [3.8, 4) is 0 Å². The van der Waals surface area contributed by atoms with Crippen molar-refractivity contribution in [2.24, 2.45) is 39.0 Å². The highest BCUT2D eigenvalue weighted by Gasteiger charge is 2.42. The van der Waals surface area contributed by atoms with Crippen molar-refractivity contribution in [3.05, 3.63) is 208 Å². The minimum absolute atomic E-state index is 0.0299. The summed E-state index contributed by atoms with van der Waals surface area (Å²) >= 11 is 0. The summed E-state index contributed by atoms with van der Waals surface area (Å²) in [7, 11) is 7.40. The van der Waals surface area contributed by atoms with Crippen LogP contribution in [-0.2, 0) is 85.5 Å². The van der Waals surface area contributed by atoms with Crippen LogP contribution in [-0.4, -0.2) is 186 Å². The summed E-state index contributed by atoms with van der Waals surface area (Å²) < 4.78 is 79.5. The number of hydrogen-bond donors (Lipinski definition) is 10. The van der Waals surface area contributed by atoms with Crippen molar-refractivity contribution in [1.82, 2.24) is 39.5 Å². The highest BCUT2D eigenvalue weighted by atomic mass is 19.1. The molecule has 0 unspecified atom stereocenters. The Hall–Kier alpha value is -14.0. The lowest BCUT2D eigenvalue weighted by Gasteiger charge is -2.32. The van der Waals surface area contributed by atoms with Gasteiger partial charge in [-0.2, -0.15) is 0 Å². The van der Waals surface area contributed by atoms with E-state index in [1.165, 1.54) is 126 Å². The number of aryl methyl sites for hydroxylation is 4. The average molecular weight is 1860 g/mol. The minimum Gasteiger partial charge on any atom is -0.467 e. The summed E-state index contributed by atoms with van der Waals surface area (Å²) in [5.41, 5.74) is 4.61. The van der Waals surface area contributed by atoms with Crippen molar-refractivity contribution >= 4 is 117 Å². The number of aromatic nitrogens is 4. The first kappa shape index (κ1) is 109. The van der Waals surface area contributed by atoms with E-state index in [0.29, 0.717) is 78.9 Å². The van der Waals surface area contributed by atoms with Gasteiger partial charge in [-0.3, -0.25) is 57.5 Å². The molecule has 0 fully saturated rings. The van der Waals surface area contributed by atoms with Crippen LogP contribution in [0.15, 0.2) is 72.8 Å². The molecule has 38 heteroatoms. The Morgan fingerprint density at radius 3 is 0.752 bits per heavy atom. The molecule has 34 nitrogen and oxygen atoms in total. The van der Waals surface area contributed by atoms with Crippen LogP contribution in [0.1, 0.15) is 227 Å². The third kappa shape index (κ3) is 26.9. The molecule has 8 amide bonds. The van der Waals surface area contributed by atoms with E-state index >= 15 is 0 Å². The molecule has 0 aliphatic carbocycles. The first-order chi connectivity index (χ1) is 61.6. The van der Waals surface area contributed by atoms with Crippen LogP contribution in [0.2, 0.25) is 0 Å². The summed E-state index contributed by atoms with van der Waals surface area (Å²) in [5.74, 6) is -14.6. The number of nitrogens with one attached hydrogen (secondary N) is 8. The third-order valence-corrected chi connectivity index (χ3v) is 21.5. The number of anilines is 4. The van der Waals surface area contributed by atoms with E-state index in [9.17, 15) is 104 Å². The van der Waals surface area contributed by atoms with Crippen LogP contribution in [0, 0.1) is 117 Å². The Balaban J connectivity index is 0.000000314. The van der Waals surface area contributed by atoms with Crippen LogP contribution >= 0.6 is 0 Å².